The number of nitrogens with two attached hydrogens (primary N) is 2. The number of nitrogen functional groups attached to an aromatic ring is 1. The van der Waals surface area contributed by atoms with Gasteiger partial charge in [-0.2, -0.15) is 0 Å². The molecule has 0 aliphatic rings. The number of pyridine rings is 1. The minimum absolute atomic E-state index is 0.105. The lowest BCUT2D eigenvalue weighted by Crippen LogP contribution is -2.27. The topological polar surface area (TPSA) is 111 Å². The van der Waals surface area contributed by atoms with Crippen LogP contribution >= 0.6 is 11.3 Å². The SMILES string of the molecule is Cc1ccnc2sc(C(=O)NCCC(N)=O)c(N)c12. The standard InChI is InChI=1S/C12H14N4O2S/c1-6-2-4-16-12-8(6)9(14)10(19-12)11(18)15-5-3-7(13)17/h2,4H,3,5,14H2,1H3,(H2,13,17)(H,15,18). The van der Waals surface area contributed by atoms with Crippen LogP contribution in [0.25, 0.3) is 10.2 Å². The number of aryl methyl sites for hydroxylation is 1. The summed E-state index contributed by atoms with van der Waals surface area (Å²) >= 11 is 1.24. The highest BCUT2D eigenvalue weighted by Gasteiger charge is 2.17. The number of nitrogens with one attached hydrogen (secondary N) is 1. The molecule has 0 aromatic carbocycles. The molecule has 2 rings (SSSR count). The van der Waals surface area contributed by atoms with Crippen LogP contribution < -0.4 is 16.8 Å². The van der Waals surface area contributed by atoms with Crippen LogP contribution in [0.4, 0.5) is 5.69 Å². The second kappa shape index (κ2) is 5.23. The zero-order valence-electron chi connectivity index (χ0n) is 10.4. The van der Waals surface area contributed by atoms with Gasteiger partial charge in [0.25, 0.3) is 5.91 Å². The third kappa shape index (κ3) is 2.65. The number of fused-ring (bicyclic) bond motifs is 1. The smallest absolute Gasteiger partial charge is 0.263 e. The van der Waals surface area contributed by atoms with Gasteiger partial charge in [0, 0.05) is 24.5 Å². The fourth-order valence-electron chi connectivity index (χ4n) is 1.75. The van der Waals surface area contributed by atoms with Gasteiger partial charge < -0.3 is 16.8 Å². The van der Waals surface area contributed by atoms with E-state index in [4.69, 9.17) is 11.5 Å². The van der Waals surface area contributed by atoms with Gasteiger partial charge in [0.1, 0.15) is 9.71 Å². The van der Waals surface area contributed by atoms with Crippen LogP contribution in [0, 0.1) is 6.92 Å². The molecule has 0 atom stereocenters. The number of primary amides is 1. The molecule has 0 radical (unpaired) electrons. The molecule has 0 unspecified atom stereocenters. The molecule has 19 heavy (non-hydrogen) atoms. The molecule has 2 heterocycles. The van der Waals surface area contributed by atoms with Crippen LogP contribution in [-0.4, -0.2) is 23.3 Å². The Morgan fingerprint density at radius 1 is 1.47 bits per heavy atom. The van der Waals surface area contributed by atoms with E-state index < -0.39 is 5.91 Å². The Bertz CT molecular complexity index is 650. The number of aromatic nitrogens is 1. The average molecular weight is 278 g/mol. The van der Waals surface area contributed by atoms with Crippen LogP contribution in [0.2, 0.25) is 0 Å². The number of thiophene rings is 1. The van der Waals surface area contributed by atoms with Crippen LogP contribution in [0.5, 0.6) is 0 Å². The van der Waals surface area contributed by atoms with Crippen molar-refractivity contribution in [3.63, 3.8) is 0 Å². The number of amides is 2. The second-order valence-corrected chi connectivity index (χ2v) is 5.12. The van der Waals surface area contributed by atoms with Crippen LogP contribution in [-0.2, 0) is 4.79 Å². The normalized spacial score (nSPS) is 10.6. The van der Waals surface area contributed by atoms with E-state index in [2.05, 4.69) is 10.3 Å². The monoisotopic (exact) mass is 278 g/mol. The number of rotatable bonds is 4. The first-order valence-electron chi connectivity index (χ1n) is 5.70. The maximum absolute atomic E-state index is 12.0. The number of hydrogen-bond donors (Lipinski definition) is 3. The molecule has 5 N–H and O–H groups in total. The molecule has 2 aromatic rings. The first-order valence-corrected chi connectivity index (χ1v) is 6.52. The Kier molecular flexibility index (Phi) is 3.66. The largest absolute Gasteiger partial charge is 0.397 e. The van der Waals surface area contributed by atoms with Crippen LogP contribution in [0.15, 0.2) is 12.3 Å². The minimum Gasteiger partial charge on any atom is -0.397 e. The summed E-state index contributed by atoms with van der Waals surface area (Å²) in [5.74, 6) is -0.761. The van der Waals surface area contributed by atoms with E-state index in [1.165, 1.54) is 11.3 Å². The first-order chi connectivity index (χ1) is 9.00. The summed E-state index contributed by atoms with van der Waals surface area (Å²) in [5, 5.41) is 3.43. The highest BCUT2D eigenvalue weighted by molar-refractivity contribution is 7.21. The van der Waals surface area contributed by atoms with E-state index in [-0.39, 0.29) is 18.9 Å². The van der Waals surface area contributed by atoms with Crippen molar-refractivity contribution < 1.29 is 9.59 Å². The van der Waals surface area contributed by atoms with Gasteiger partial charge in [-0.3, -0.25) is 9.59 Å². The zero-order chi connectivity index (χ0) is 14.0. The Balaban J connectivity index is 2.25. The maximum Gasteiger partial charge on any atom is 0.263 e. The van der Waals surface area contributed by atoms with Gasteiger partial charge in [-0.15, -0.1) is 11.3 Å². The van der Waals surface area contributed by atoms with Gasteiger partial charge in [-0.05, 0) is 18.6 Å². The van der Waals surface area contributed by atoms with Crippen molar-refractivity contribution >= 4 is 39.1 Å². The number of carbonyl (C=O) groups excluding carboxylic acids is 2. The van der Waals surface area contributed by atoms with Crippen molar-refractivity contribution in [3.8, 4) is 0 Å². The van der Waals surface area contributed by atoms with Crippen LogP contribution in [0.1, 0.15) is 21.7 Å². The fraction of sp³-hybridized carbons (Fsp3) is 0.250. The Morgan fingerprint density at radius 2 is 2.21 bits per heavy atom. The van der Waals surface area contributed by atoms with E-state index in [9.17, 15) is 9.59 Å². The molecule has 0 aliphatic carbocycles. The molecule has 2 aromatic heterocycles. The summed E-state index contributed by atoms with van der Waals surface area (Å²) in [6, 6.07) is 1.85. The Morgan fingerprint density at radius 3 is 2.84 bits per heavy atom. The lowest BCUT2D eigenvalue weighted by molar-refractivity contribution is -0.117. The lowest BCUT2D eigenvalue weighted by atomic mass is 10.2. The fourth-order valence-corrected chi connectivity index (χ4v) is 2.81. The van der Waals surface area contributed by atoms with Crippen molar-refractivity contribution in [3.05, 3.63) is 22.7 Å². The number of anilines is 1. The summed E-state index contributed by atoms with van der Waals surface area (Å²) in [6.45, 7) is 2.12. The summed E-state index contributed by atoms with van der Waals surface area (Å²) in [4.78, 5) is 27.9. The molecule has 6 nitrogen and oxygen atoms in total. The van der Waals surface area contributed by atoms with Gasteiger partial charge in [-0.25, -0.2) is 4.98 Å². The van der Waals surface area contributed by atoms with Crippen molar-refractivity contribution in [2.75, 3.05) is 12.3 Å². The molecule has 2 amide bonds. The van der Waals surface area contributed by atoms with Gasteiger partial charge in [0.2, 0.25) is 5.91 Å². The lowest BCUT2D eigenvalue weighted by Gasteiger charge is -2.02. The van der Waals surface area contributed by atoms with E-state index in [1.807, 2.05) is 13.0 Å². The molecule has 100 valence electrons. The number of hydrogen-bond acceptors (Lipinski definition) is 5. The Labute approximate surface area is 113 Å². The van der Waals surface area contributed by atoms with E-state index in [1.54, 1.807) is 6.20 Å². The summed E-state index contributed by atoms with van der Waals surface area (Å²) < 4.78 is 0. The molecular formula is C12H14N4O2S. The second-order valence-electron chi connectivity index (χ2n) is 4.13. The Hall–Kier alpha value is -2.15. The molecular weight excluding hydrogens is 264 g/mol. The highest BCUT2D eigenvalue weighted by atomic mass is 32.1. The van der Waals surface area contributed by atoms with Crippen molar-refractivity contribution in [1.82, 2.24) is 10.3 Å². The average Bonchev–Trinajstić information content (AvgIpc) is 2.67. The minimum atomic E-state index is -0.456. The third-order valence-electron chi connectivity index (χ3n) is 2.70. The van der Waals surface area contributed by atoms with Gasteiger partial charge >= 0.3 is 0 Å². The summed E-state index contributed by atoms with van der Waals surface area (Å²) in [6.07, 6.45) is 1.79. The van der Waals surface area contributed by atoms with E-state index in [0.29, 0.717) is 10.6 Å². The van der Waals surface area contributed by atoms with Gasteiger partial charge in [0.15, 0.2) is 0 Å². The molecule has 0 saturated heterocycles. The third-order valence-corrected chi connectivity index (χ3v) is 3.81. The summed E-state index contributed by atoms with van der Waals surface area (Å²) in [7, 11) is 0. The number of nitrogens with zero attached hydrogens (tertiary/aromatic N) is 1. The highest BCUT2D eigenvalue weighted by Crippen LogP contribution is 2.34. The molecule has 0 spiro atoms. The predicted octanol–water partition coefficient (Wildman–Crippen LogP) is 0.792. The summed E-state index contributed by atoms with van der Waals surface area (Å²) in [5.41, 5.74) is 12.4. The molecule has 0 bridgehead atoms. The molecule has 0 saturated carbocycles. The predicted molar refractivity (Wildman–Crippen MR) is 74.9 cm³/mol. The van der Waals surface area contributed by atoms with Crippen molar-refractivity contribution in [2.24, 2.45) is 5.73 Å². The molecule has 0 aliphatic heterocycles. The van der Waals surface area contributed by atoms with Gasteiger partial charge in [-0.1, -0.05) is 0 Å². The van der Waals surface area contributed by atoms with Crippen LogP contribution in [0.3, 0.4) is 0 Å². The quantitative estimate of drug-likeness (QED) is 0.767. The molecule has 7 heteroatoms. The van der Waals surface area contributed by atoms with Gasteiger partial charge in [0.05, 0.1) is 5.69 Å². The zero-order valence-corrected chi connectivity index (χ0v) is 11.2. The van der Waals surface area contributed by atoms with E-state index in [0.717, 1.165) is 15.8 Å². The van der Waals surface area contributed by atoms with Crippen molar-refractivity contribution in [2.45, 2.75) is 13.3 Å². The maximum atomic E-state index is 12.0. The molecule has 0 fully saturated rings. The first kappa shape index (κ1) is 13.3. The number of carbonyl (C=O) groups is 2. The van der Waals surface area contributed by atoms with E-state index >= 15 is 0 Å². The van der Waals surface area contributed by atoms with Crippen molar-refractivity contribution in [1.29, 1.82) is 0 Å².